The molecule has 0 fully saturated rings. The van der Waals surface area contributed by atoms with E-state index in [1.54, 1.807) is 13.2 Å². The molecule has 0 aliphatic rings. The number of carbonyl (C=O) groups excluding carboxylic acids is 2. The number of primary amides is 1. The Bertz CT molecular complexity index is 951. The molecule has 2 aromatic carbocycles. The number of aryl methyl sites for hydroxylation is 1. The minimum Gasteiger partial charge on any atom is -0.366 e. The Labute approximate surface area is 143 Å². The topological polar surface area (TPSA) is 90.0 Å². The number of hydrogen-bond donors (Lipinski definition) is 2. The molecule has 3 N–H and O–H groups in total. The molecule has 3 rings (SSSR count). The predicted octanol–water partition coefficient (Wildman–Crippen LogP) is 2.58. The summed E-state index contributed by atoms with van der Waals surface area (Å²) in [7, 11) is 1.71. The van der Waals surface area contributed by atoms with Crippen molar-refractivity contribution in [3.05, 3.63) is 71.7 Å². The molecule has 3 aromatic rings. The zero-order chi connectivity index (χ0) is 18.0. The largest absolute Gasteiger partial charge is 0.366 e. The molecule has 0 saturated heterocycles. The van der Waals surface area contributed by atoms with Crippen LogP contribution in [0, 0.1) is 5.82 Å². The van der Waals surface area contributed by atoms with E-state index in [4.69, 9.17) is 5.73 Å². The SMILES string of the molecule is Cn1cc(C(=O)Nc2ccc(F)c(C(N)=O)c2)c(-c2ccccc2)n1. The standard InChI is InChI=1S/C18H15FN4O2/c1-23-10-14(16(22-23)11-5-3-2-4-6-11)18(25)21-12-7-8-15(19)13(9-12)17(20)24/h2-10H,1H3,(H2,20,24)(H,21,25). The Morgan fingerprint density at radius 3 is 2.52 bits per heavy atom. The third-order valence-electron chi connectivity index (χ3n) is 3.61. The van der Waals surface area contributed by atoms with Crippen molar-refractivity contribution in [2.24, 2.45) is 12.8 Å². The van der Waals surface area contributed by atoms with Gasteiger partial charge in [0.25, 0.3) is 11.8 Å². The summed E-state index contributed by atoms with van der Waals surface area (Å²) in [5.41, 5.74) is 6.79. The van der Waals surface area contributed by atoms with E-state index in [0.29, 0.717) is 11.3 Å². The van der Waals surface area contributed by atoms with Crippen LogP contribution in [-0.2, 0) is 7.05 Å². The van der Waals surface area contributed by atoms with Gasteiger partial charge in [0.1, 0.15) is 11.5 Å². The number of nitrogens with one attached hydrogen (secondary N) is 1. The van der Waals surface area contributed by atoms with Gasteiger partial charge in [-0.05, 0) is 18.2 Å². The Morgan fingerprint density at radius 2 is 1.84 bits per heavy atom. The van der Waals surface area contributed by atoms with Gasteiger partial charge >= 0.3 is 0 Å². The number of rotatable bonds is 4. The number of nitrogens with zero attached hydrogens (tertiary/aromatic N) is 2. The Balaban J connectivity index is 1.93. The lowest BCUT2D eigenvalue weighted by molar-refractivity contribution is 0.0992. The number of carbonyl (C=O) groups is 2. The summed E-state index contributed by atoms with van der Waals surface area (Å²) in [6.45, 7) is 0. The summed E-state index contributed by atoms with van der Waals surface area (Å²) in [6, 6.07) is 12.9. The van der Waals surface area contributed by atoms with Gasteiger partial charge in [-0.2, -0.15) is 5.10 Å². The fourth-order valence-corrected chi connectivity index (χ4v) is 2.45. The summed E-state index contributed by atoms with van der Waals surface area (Å²) in [4.78, 5) is 23.8. The van der Waals surface area contributed by atoms with Gasteiger partial charge in [-0.15, -0.1) is 0 Å². The van der Waals surface area contributed by atoms with Crippen molar-refractivity contribution in [2.45, 2.75) is 0 Å². The first-order valence-electron chi connectivity index (χ1n) is 7.45. The third kappa shape index (κ3) is 3.40. The van der Waals surface area contributed by atoms with Crippen LogP contribution in [0.15, 0.2) is 54.7 Å². The lowest BCUT2D eigenvalue weighted by Gasteiger charge is -2.07. The van der Waals surface area contributed by atoms with Crippen LogP contribution in [0.3, 0.4) is 0 Å². The molecule has 126 valence electrons. The Hall–Kier alpha value is -3.48. The van der Waals surface area contributed by atoms with Crippen molar-refractivity contribution in [3.63, 3.8) is 0 Å². The van der Waals surface area contributed by atoms with Gasteiger partial charge in [0.15, 0.2) is 0 Å². The average molecular weight is 338 g/mol. The van der Waals surface area contributed by atoms with E-state index >= 15 is 0 Å². The summed E-state index contributed by atoms with van der Waals surface area (Å²) >= 11 is 0. The van der Waals surface area contributed by atoms with Gasteiger partial charge in [-0.1, -0.05) is 30.3 Å². The molecule has 0 radical (unpaired) electrons. The quantitative estimate of drug-likeness (QED) is 0.766. The molecule has 0 bridgehead atoms. The van der Waals surface area contributed by atoms with Crippen molar-refractivity contribution >= 4 is 17.5 Å². The van der Waals surface area contributed by atoms with Crippen molar-refractivity contribution < 1.29 is 14.0 Å². The Morgan fingerprint density at radius 1 is 1.12 bits per heavy atom. The number of aromatic nitrogens is 2. The molecule has 2 amide bonds. The van der Waals surface area contributed by atoms with E-state index in [2.05, 4.69) is 10.4 Å². The summed E-state index contributed by atoms with van der Waals surface area (Å²) in [5.74, 6) is -2.06. The van der Waals surface area contributed by atoms with Gasteiger partial charge in [-0.3, -0.25) is 14.3 Å². The zero-order valence-corrected chi connectivity index (χ0v) is 13.4. The maximum atomic E-state index is 13.5. The second kappa shape index (κ2) is 6.56. The second-order valence-corrected chi connectivity index (χ2v) is 5.44. The number of amides is 2. The van der Waals surface area contributed by atoms with E-state index in [1.165, 1.54) is 16.8 Å². The molecule has 25 heavy (non-hydrogen) atoms. The number of nitrogens with two attached hydrogens (primary N) is 1. The number of anilines is 1. The van der Waals surface area contributed by atoms with Crippen molar-refractivity contribution in [3.8, 4) is 11.3 Å². The predicted molar refractivity (Wildman–Crippen MR) is 91.5 cm³/mol. The van der Waals surface area contributed by atoms with Crippen molar-refractivity contribution in [1.82, 2.24) is 9.78 Å². The highest BCUT2D eigenvalue weighted by Gasteiger charge is 2.18. The van der Waals surface area contributed by atoms with E-state index in [-0.39, 0.29) is 11.3 Å². The van der Waals surface area contributed by atoms with Gasteiger partial charge in [0, 0.05) is 24.5 Å². The van der Waals surface area contributed by atoms with Gasteiger partial charge in [0.05, 0.1) is 11.1 Å². The monoisotopic (exact) mass is 338 g/mol. The maximum absolute atomic E-state index is 13.5. The summed E-state index contributed by atoms with van der Waals surface area (Å²) < 4.78 is 15.1. The second-order valence-electron chi connectivity index (χ2n) is 5.44. The molecule has 0 aliphatic carbocycles. The molecule has 0 saturated carbocycles. The highest BCUT2D eigenvalue weighted by Crippen LogP contribution is 2.23. The summed E-state index contributed by atoms with van der Waals surface area (Å²) in [5, 5.41) is 6.96. The molecule has 0 atom stereocenters. The van der Waals surface area contributed by atoms with Crippen LogP contribution >= 0.6 is 0 Å². The van der Waals surface area contributed by atoms with E-state index < -0.39 is 17.6 Å². The first kappa shape index (κ1) is 16.4. The van der Waals surface area contributed by atoms with Crippen LogP contribution in [0.1, 0.15) is 20.7 Å². The summed E-state index contributed by atoms with van der Waals surface area (Å²) in [6.07, 6.45) is 1.59. The van der Waals surface area contributed by atoms with Crippen molar-refractivity contribution in [2.75, 3.05) is 5.32 Å². The lowest BCUT2D eigenvalue weighted by atomic mass is 10.1. The van der Waals surface area contributed by atoms with Crippen LogP contribution in [0.5, 0.6) is 0 Å². The first-order chi connectivity index (χ1) is 12.0. The first-order valence-corrected chi connectivity index (χ1v) is 7.45. The van der Waals surface area contributed by atoms with Gasteiger partial charge in [-0.25, -0.2) is 4.39 Å². The minimum atomic E-state index is -0.903. The molecular weight excluding hydrogens is 323 g/mol. The average Bonchev–Trinajstić information content (AvgIpc) is 2.99. The number of hydrogen-bond acceptors (Lipinski definition) is 3. The van der Waals surface area contributed by atoms with Crippen LogP contribution in [0.2, 0.25) is 0 Å². The Kier molecular flexibility index (Phi) is 4.30. The van der Waals surface area contributed by atoms with Gasteiger partial charge < -0.3 is 11.1 Å². The molecule has 1 heterocycles. The van der Waals surface area contributed by atoms with E-state index in [0.717, 1.165) is 11.6 Å². The zero-order valence-electron chi connectivity index (χ0n) is 13.4. The van der Waals surface area contributed by atoms with Gasteiger partial charge in [0.2, 0.25) is 0 Å². The minimum absolute atomic E-state index is 0.267. The lowest BCUT2D eigenvalue weighted by Crippen LogP contribution is -2.16. The maximum Gasteiger partial charge on any atom is 0.259 e. The molecule has 6 nitrogen and oxygen atoms in total. The third-order valence-corrected chi connectivity index (χ3v) is 3.61. The highest BCUT2D eigenvalue weighted by atomic mass is 19.1. The molecule has 0 spiro atoms. The molecule has 7 heteroatoms. The van der Waals surface area contributed by atoms with Crippen LogP contribution in [0.25, 0.3) is 11.3 Å². The molecule has 1 aromatic heterocycles. The normalized spacial score (nSPS) is 10.5. The van der Waals surface area contributed by atoms with E-state index in [9.17, 15) is 14.0 Å². The molecule has 0 aliphatic heterocycles. The van der Waals surface area contributed by atoms with E-state index in [1.807, 2.05) is 30.3 Å². The van der Waals surface area contributed by atoms with Crippen molar-refractivity contribution in [1.29, 1.82) is 0 Å². The fourth-order valence-electron chi connectivity index (χ4n) is 2.45. The molecule has 0 unspecified atom stereocenters. The smallest absolute Gasteiger partial charge is 0.259 e. The number of benzene rings is 2. The molecular formula is C18H15FN4O2. The van der Waals surface area contributed by atoms with Crippen LogP contribution < -0.4 is 11.1 Å². The number of halogens is 1. The fraction of sp³-hybridized carbons (Fsp3) is 0.0556. The highest BCUT2D eigenvalue weighted by molar-refractivity contribution is 6.08. The van der Waals surface area contributed by atoms with Crippen LogP contribution in [-0.4, -0.2) is 21.6 Å². The van der Waals surface area contributed by atoms with Crippen LogP contribution in [0.4, 0.5) is 10.1 Å².